The molecule has 5 heteroatoms. The second kappa shape index (κ2) is 7.98. The van der Waals surface area contributed by atoms with Crippen LogP contribution >= 0.6 is 0 Å². The average molecular weight is 290 g/mol. The number of carbonyl (C=O) groups excluding carboxylic acids is 1. The van der Waals surface area contributed by atoms with Crippen LogP contribution in [0.15, 0.2) is 18.5 Å². The maximum Gasteiger partial charge on any atom is 0.255 e. The van der Waals surface area contributed by atoms with Crippen molar-refractivity contribution in [3.8, 4) is 0 Å². The summed E-state index contributed by atoms with van der Waals surface area (Å²) in [4.78, 5) is 20.7. The van der Waals surface area contributed by atoms with Gasteiger partial charge in [-0.25, -0.2) is 0 Å². The van der Waals surface area contributed by atoms with E-state index in [1.807, 2.05) is 11.0 Å². The van der Waals surface area contributed by atoms with Crippen molar-refractivity contribution >= 4 is 11.6 Å². The van der Waals surface area contributed by atoms with Crippen molar-refractivity contribution in [2.24, 2.45) is 0 Å². The summed E-state index contributed by atoms with van der Waals surface area (Å²) in [6, 6.07) is 1.92. The Morgan fingerprint density at radius 1 is 1.29 bits per heavy atom. The van der Waals surface area contributed by atoms with Crippen molar-refractivity contribution in [2.75, 3.05) is 45.6 Å². The number of pyridine rings is 1. The van der Waals surface area contributed by atoms with Crippen molar-refractivity contribution in [1.82, 2.24) is 14.8 Å². The topological polar surface area (TPSA) is 48.5 Å². The third kappa shape index (κ3) is 5.01. The first-order valence-electron chi connectivity index (χ1n) is 7.80. The molecule has 1 amide bonds. The van der Waals surface area contributed by atoms with E-state index in [9.17, 15) is 4.79 Å². The van der Waals surface area contributed by atoms with E-state index in [1.165, 1.54) is 6.42 Å². The van der Waals surface area contributed by atoms with E-state index in [0.717, 1.165) is 51.1 Å². The van der Waals surface area contributed by atoms with Crippen molar-refractivity contribution in [2.45, 2.75) is 25.7 Å². The zero-order chi connectivity index (χ0) is 15.1. The molecule has 1 aromatic rings. The molecular weight excluding hydrogens is 264 g/mol. The predicted molar refractivity (Wildman–Crippen MR) is 85.7 cm³/mol. The molecule has 2 heterocycles. The van der Waals surface area contributed by atoms with E-state index < -0.39 is 0 Å². The Balaban J connectivity index is 1.89. The molecule has 1 saturated heterocycles. The van der Waals surface area contributed by atoms with Crippen LogP contribution in [-0.2, 0) is 0 Å². The summed E-state index contributed by atoms with van der Waals surface area (Å²) in [7, 11) is 4.14. The highest BCUT2D eigenvalue weighted by molar-refractivity contribution is 5.94. The van der Waals surface area contributed by atoms with Gasteiger partial charge >= 0.3 is 0 Å². The van der Waals surface area contributed by atoms with Gasteiger partial charge < -0.3 is 15.1 Å². The summed E-state index contributed by atoms with van der Waals surface area (Å²) in [5.41, 5.74) is 1.62. The summed E-state index contributed by atoms with van der Waals surface area (Å²) in [5, 5.41) is 3.34. The molecule has 0 unspecified atom stereocenters. The molecule has 1 aliphatic rings. The molecule has 0 aromatic carbocycles. The Bertz CT molecular complexity index is 455. The first kappa shape index (κ1) is 15.8. The maximum atomic E-state index is 12.4. The zero-order valence-electron chi connectivity index (χ0n) is 13.1. The number of rotatable bonds is 6. The predicted octanol–water partition coefficient (Wildman–Crippen LogP) is 2.07. The summed E-state index contributed by atoms with van der Waals surface area (Å²) >= 11 is 0. The molecule has 1 N–H and O–H groups in total. The number of aromatic nitrogens is 1. The van der Waals surface area contributed by atoms with Crippen molar-refractivity contribution in [1.29, 1.82) is 0 Å². The van der Waals surface area contributed by atoms with Gasteiger partial charge in [0.2, 0.25) is 0 Å². The van der Waals surface area contributed by atoms with Gasteiger partial charge in [0, 0.05) is 32.0 Å². The number of anilines is 1. The van der Waals surface area contributed by atoms with Crippen LogP contribution in [0.5, 0.6) is 0 Å². The summed E-state index contributed by atoms with van der Waals surface area (Å²) in [5.74, 6) is 0.110. The van der Waals surface area contributed by atoms with Gasteiger partial charge in [0.05, 0.1) is 11.3 Å². The van der Waals surface area contributed by atoms with Gasteiger partial charge in [0.1, 0.15) is 0 Å². The molecule has 0 spiro atoms. The number of hydrogen-bond donors (Lipinski definition) is 1. The molecule has 1 aliphatic heterocycles. The van der Waals surface area contributed by atoms with Crippen LogP contribution in [-0.4, -0.2) is 61.0 Å². The number of carbonyl (C=O) groups is 1. The fourth-order valence-corrected chi connectivity index (χ4v) is 2.56. The number of hydrogen-bond acceptors (Lipinski definition) is 4. The number of nitrogens with zero attached hydrogens (tertiary/aromatic N) is 3. The molecule has 1 fully saturated rings. The molecule has 0 radical (unpaired) electrons. The van der Waals surface area contributed by atoms with Gasteiger partial charge in [0.15, 0.2) is 0 Å². The normalized spacial score (nSPS) is 15.3. The molecular formula is C16H26N4O. The van der Waals surface area contributed by atoms with Gasteiger partial charge in [-0.1, -0.05) is 0 Å². The molecule has 0 atom stereocenters. The van der Waals surface area contributed by atoms with Crippen LogP contribution < -0.4 is 5.32 Å². The Kier molecular flexibility index (Phi) is 5.99. The third-order valence-corrected chi connectivity index (χ3v) is 3.74. The highest BCUT2D eigenvalue weighted by Crippen LogP contribution is 2.15. The van der Waals surface area contributed by atoms with E-state index in [2.05, 4.69) is 29.3 Å². The van der Waals surface area contributed by atoms with Gasteiger partial charge in [-0.05, 0) is 52.4 Å². The van der Waals surface area contributed by atoms with Crippen LogP contribution in [0, 0.1) is 0 Å². The van der Waals surface area contributed by atoms with Gasteiger partial charge in [0.25, 0.3) is 5.91 Å². The van der Waals surface area contributed by atoms with Gasteiger partial charge in [-0.3, -0.25) is 9.78 Å². The van der Waals surface area contributed by atoms with Crippen LogP contribution in [0.2, 0.25) is 0 Å². The van der Waals surface area contributed by atoms with Crippen molar-refractivity contribution in [3.63, 3.8) is 0 Å². The van der Waals surface area contributed by atoms with Crippen LogP contribution in [0.1, 0.15) is 36.0 Å². The molecule has 21 heavy (non-hydrogen) atoms. The molecule has 5 nitrogen and oxygen atoms in total. The van der Waals surface area contributed by atoms with Crippen molar-refractivity contribution in [3.05, 3.63) is 24.0 Å². The Morgan fingerprint density at radius 2 is 2.05 bits per heavy atom. The summed E-state index contributed by atoms with van der Waals surface area (Å²) < 4.78 is 0. The first-order chi connectivity index (χ1) is 10.2. The minimum atomic E-state index is 0.110. The number of amides is 1. The quantitative estimate of drug-likeness (QED) is 0.815. The van der Waals surface area contributed by atoms with E-state index >= 15 is 0 Å². The fraction of sp³-hybridized carbons (Fsp3) is 0.625. The fourth-order valence-electron chi connectivity index (χ4n) is 2.56. The molecule has 0 aliphatic carbocycles. The minimum Gasteiger partial charge on any atom is -0.384 e. The van der Waals surface area contributed by atoms with E-state index in [1.54, 1.807) is 12.4 Å². The molecule has 2 rings (SSSR count). The first-order valence-corrected chi connectivity index (χ1v) is 7.80. The Hall–Kier alpha value is -1.62. The van der Waals surface area contributed by atoms with E-state index in [4.69, 9.17) is 0 Å². The lowest BCUT2D eigenvalue weighted by atomic mass is 10.1. The second-order valence-corrected chi connectivity index (χ2v) is 5.90. The molecule has 0 saturated carbocycles. The number of nitrogens with one attached hydrogen (secondary N) is 1. The summed E-state index contributed by atoms with van der Waals surface area (Å²) in [6.45, 7) is 3.69. The van der Waals surface area contributed by atoms with Crippen molar-refractivity contribution < 1.29 is 4.79 Å². The highest BCUT2D eigenvalue weighted by Gasteiger charge is 2.18. The molecule has 1 aromatic heterocycles. The largest absolute Gasteiger partial charge is 0.384 e. The average Bonchev–Trinajstić information content (AvgIpc) is 2.52. The lowest BCUT2D eigenvalue weighted by molar-refractivity contribution is 0.0724. The molecule has 0 bridgehead atoms. The lowest BCUT2D eigenvalue weighted by Gasteiger charge is -2.26. The lowest BCUT2D eigenvalue weighted by Crippen LogP contribution is -2.35. The monoisotopic (exact) mass is 290 g/mol. The third-order valence-electron chi connectivity index (χ3n) is 3.74. The zero-order valence-corrected chi connectivity index (χ0v) is 13.1. The van der Waals surface area contributed by atoms with Crippen LogP contribution in [0.3, 0.4) is 0 Å². The van der Waals surface area contributed by atoms with Gasteiger partial charge in [-0.2, -0.15) is 0 Å². The minimum absolute atomic E-state index is 0.110. The van der Waals surface area contributed by atoms with E-state index in [-0.39, 0.29) is 5.91 Å². The molecule has 116 valence electrons. The SMILES string of the molecule is CN(C)CCCNc1cncc(C(=O)N2CCCCC2)c1. The number of piperidine rings is 1. The highest BCUT2D eigenvalue weighted by atomic mass is 16.2. The van der Waals surface area contributed by atoms with Crippen LogP contribution in [0.4, 0.5) is 5.69 Å². The van der Waals surface area contributed by atoms with Gasteiger partial charge in [-0.15, -0.1) is 0 Å². The second-order valence-electron chi connectivity index (χ2n) is 5.90. The number of likely N-dealkylation sites (tertiary alicyclic amines) is 1. The standard InChI is InChI=1S/C16H26N4O/c1-19(2)8-6-7-18-15-11-14(12-17-13-15)16(21)20-9-4-3-5-10-20/h11-13,18H,3-10H2,1-2H3. The maximum absolute atomic E-state index is 12.4. The Morgan fingerprint density at radius 3 is 2.76 bits per heavy atom. The smallest absolute Gasteiger partial charge is 0.255 e. The Labute approximate surface area is 127 Å². The summed E-state index contributed by atoms with van der Waals surface area (Å²) in [6.07, 6.45) is 7.97. The van der Waals surface area contributed by atoms with Crippen LogP contribution in [0.25, 0.3) is 0 Å². The van der Waals surface area contributed by atoms with E-state index in [0.29, 0.717) is 5.56 Å².